The number of carbonyl (C=O) groups excluding carboxylic acids is 1. The van der Waals surface area contributed by atoms with Crippen molar-refractivity contribution in [2.45, 2.75) is 31.3 Å². The van der Waals surface area contributed by atoms with E-state index in [1.54, 1.807) is 7.11 Å². The molecule has 0 aromatic heterocycles. The van der Waals surface area contributed by atoms with Gasteiger partial charge in [-0.3, -0.25) is 4.79 Å². The molecule has 1 aromatic rings. The molecular weight excluding hydrogens is 274 g/mol. The summed E-state index contributed by atoms with van der Waals surface area (Å²) in [5.74, 6) is -0.841. The van der Waals surface area contributed by atoms with E-state index in [0.29, 0.717) is 11.4 Å². The van der Waals surface area contributed by atoms with Gasteiger partial charge >= 0.3 is 5.97 Å². The van der Waals surface area contributed by atoms with Gasteiger partial charge in [0.15, 0.2) is 0 Å². The van der Waals surface area contributed by atoms with Crippen LogP contribution in [0.2, 0.25) is 0 Å². The average molecular weight is 293 g/mol. The SMILES string of the molecule is COc1ccc(C(=O)O)cc1NC(=O)CC1(OC)CCC1. The van der Waals surface area contributed by atoms with Crippen molar-refractivity contribution in [1.29, 1.82) is 0 Å². The fourth-order valence-electron chi connectivity index (χ4n) is 2.45. The number of ether oxygens (including phenoxy) is 2. The summed E-state index contributed by atoms with van der Waals surface area (Å²) in [5.41, 5.74) is 0.0750. The van der Waals surface area contributed by atoms with E-state index in [1.807, 2.05) is 0 Å². The molecule has 0 unspecified atom stereocenters. The van der Waals surface area contributed by atoms with Gasteiger partial charge in [0.25, 0.3) is 0 Å². The van der Waals surface area contributed by atoms with Crippen LogP contribution in [-0.4, -0.2) is 36.8 Å². The summed E-state index contributed by atoms with van der Waals surface area (Å²) in [4.78, 5) is 23.1. The van der Waals surface area contributed by atoms with Crippen LogP contribution in [0.4, 0.5) is 5.69 Å². The summed E-state index contributed by atoms with van der Waals surface area (Å²) in [6.45, 7) is 0. The molecule has 21 heavy (non-hydrogen) atoms. The van der Waals surface area contributed by atoms with Crippen LogP contribution in [-0.2, 0) is 9.53 Å². The normalized spacial score (nSPS) is 15.9. The standard InChI is InChI=1S/C15H19NO5/c1-20-12-5-4-10(14(18)19)8-11(12)16-13(17)9-15(21-2)6-3-7-15/h4-5,8H,3,6-7,9H2,1-2H3,(H,16,17)(H,18,19). The van der Waals surface area contributed by atoms with Gasteiger partial charge in [-0.1, -0.05) is 0 Å². The third-order valence-corrected chi connectivity index (χ3v) is 3.90. The highest BCUT2D eigenvalue weighted by atomic mass is 16.5. The van der Waals surface area contributed by atoms with Gasteiger partial charge in [-0.15, -0.1) is 0 Å². The Morgan fingerprint density at radius 3 is 2.52 bits per heavy atom. The molecule has 0 atom stereocenters. The number of rotatable bonds is 6. The Bertz CT molecular complexity index is 545. The van der Waals surface area contributed by atoms with E-state index >= 15 is 0 Å². The minimum Gasteiger partial charge on any atom is -0.495 e. The van der Waals surface area contributed by atoms with Gasteiger partial charge in [-0.2, -0.15) is 0 Å². The van der Waals surface area contributed by atoms with Crippen LogP contribution >= 0.6 is 0 Å². The Balaban J connectivity index is 2.12. The first-order valence-corrected chi connectivity index (χ1v) is 6.76. The quantitative estimate of drug-likeness (QED) is 0.840. The number of amides is 1. The molecule has 1 aliphatic carbocycles. The third-order valence-electron chi connectivity index (χ3n) is 3.90. The van der Waals surface area contributed by atoms with Gasteiger partial charge in [0, 0.05) is 7.11 Å². The summed E-state index contributed by atoms with van der Waals surface area (Å²) < 4.78 is 10.6. The monoisotopic (exact) mass is 293 g/mol. The molecule has 0 aliphatic heterocycles. The zero-order valence-corrected chi connectivity index (χ0v) is 12.1. The van der Waals surface area contributed by atoms with Gasteiger partial charge in [0.05, 0.1) is 30.4 Å². The molecule has 1 saturated carbocycles. The molecule has 2 N–H and O–H groups in total. The number of carboxylic acids is 1. The molecule has 0 radical (unpaired) electrons. The Morgan fingerprint density at radius 1 is 1.33 bits per heavy atom. The number of nitrogens with one attached hydrogen (secondary N) is 1. The number of methoxy groups -OCH3 is 2. The molecule has 0 bridgehead atoms. The van der Waals surface area contributed by atoms with E-state index in [2.05, 4.69) is 5.32 Å². The van der Waals surface area contributed by atoms with E-state index in [0.717, 1.165) is 19.3 Å². The van der Waals surface area contributed by atoms with Crippen molar-refractivity contribution in [3.8, 4) is 5.75 Å². The van der Waals surface area contributed by atoms with Crippen molar-refractivity contribution < 1.29 is 24.2 Å². The molecule has 1 aromatic carbocycles. The van der Waals surface area contributed by atoms with Crippen LogP contribution < -0.4 is 10.1 Å². The zero-order valence-electron chi connectivity index (χ0n) is 12.1. The predicted octanol–water partition coefficient (Wildman–Crippen LogP) is 2.29. The van der Waals surface area contributed by atoms with Gasteiger partial charge < -0.3 is 19.9 Å². The van der Waals surface area contributed by atoms with Gasteiger partial charge in [0.2, 0.25) is 5.91 Å². The highest BCUT2D eigenvalue weighted by molar-refractivity contribution is 5.96. The summed E-state index contributed by atoms with van der Waals surface area (Å²) >= 11 is 0. The van der Waals surface area contributed by atoms with Crippen LogP contribution in [0.15, 0.2) is 18.2 Å². The maximum atomic E-state index is 12.1. The van der Waals surface area contributed by atoms with E-state index < -0.39 is 5.97 Å². The molecule has 1 fully saturated rings. The largest absolute Gasteiger partial charge is 0.495 e. The lowest BCUT2D eigenvalue weighted by Crippen LogP contribution is -2.42. The van der Waals surface area contributed by atoms with Crippen molar-refractivity contribution >= 4 is 17.6 Å². The molecule has 0 heterocycles. The fraction of sp³-hybridized carbons (Fsp3) is 0.467. The van der Waals surface area contributed by atoms with Crippen molar-refractivity contribution in [3.63, 3.8) is 0 Å². The number of aromatic carboxylic acids is 1. The molecule has 1 amide bonds. The van der Waals surface area contributed by atoms with E-state index in [9.17, 15) is 9.59 Å². The predicted molar refractivity (Wildman–Crippen MR) is 76.8 cm³/mol. The molecule has 114 valence electrons. The number of benzene rings is 1. The van der Waals surface area contributed by atoms with Crippen LogP contribution in [0, 0.1) is 0 Å². The number of carbonyl (C=O) groups is 2. The third kappa shape index (κ3) is 3.33. The van der Waals surface area contributed by atoms with Crippen molar-refractivity contribution in [1.82, 2.24) is 0 Å². The van der Waals surface area contributed by atoms with Crippen molar-refractivity contribution in [2.75, 3.05) is 19.5 Å². The fourth-order valence-corrected chi connectivity index (χ4v) is 2.45. The Labute approximate surface area is 123 Å². The number of hydrogen-bond donors (Lipinski definition) is 2. The number of hydrogen-bond acceptors (Lipinski definition) is 4. The smallest absolute Gasteiger partial charge is 0.335 e. The highest BCUT2D eigenvalue weighted by Crippen LogP contribution is 2.38. The number of anilines is 1. The summed E-state index contributed by atoms with van der Waals surface area (Å²) in [5, 5.41) is 11.7. The minimum atomic E-state index is -1.06. The average Bonchev–Trinajstić information content (AvgIpc) is 2.42. The first-order valence-electron chi connectivity index (χ1n) is 6.76. The van der Waals surface area contributed by atoms with Gasteiger partial charge in [-0.05, 0) is 37.5 Å². The molecule has 1 aliphatic rings. The van der Waals surface area contributed by atoms with Gasteiger partial charge in [-0.25, -0.2) is 4.79 Å². The second-order valence-electron chi connectivity index (χ2n) is 5.19. The van der Waals surface area contributed by atoms with Gasteiger partial charge in [0.1, 0.15) is 5.75 Å². The second-order valence-corrected chi connectivity index (χ2v) is 5.19. The minimum absolute atomic E-state index is 0.0937. The highest BCUT2D eigenvalue weighted by Gasteiger charge is 2.39. The molecule has 6 heteroatoms. The molecular formula is C15H19NO5. The Kier molecular flexibility index (Phi) is 4.47. The zero-order chi connectivity index (χ0) is 15.5. The lowest BCUT2D eigenvalue weighted by atomic mass is 9.77. The topological polar surface area (TPSA) is 84.9 Å². The van der Waals surface area contributed by atoms with Crippen LogP contribution in [0.1, 0.15) is 36.0 Å². The number of carboxylic acid groups (broad SMARTS) is 1. The van der Waals surface area contributed by atoms with E-state index in [1.165, 1.54) is 25.3 Å². The van der Waals surface area contributed by atoms with Crippen LogP contribution in [0.25, 0.3) is 0 Å². The molecule has 0 spiro atoms. The first kappa shape index (κ1) is 15.3. The summed E-state index contributed by atoms with van der Waals surface area (Å²) in [6, 6.07) is 4.34. The Hall–Kier alpha value is -2.08. The van der Waals surface area contributed by atoms with E-state index in [4.69, 9.17) is 14.6 Å². The summed E-state index contributed by atoms with van der Waals surface area (Å²) in [7, 11) is 3.08. The molecule has 2 rings (SSSR count). The van der Waals surface area contributed by atoms with Crippen molar-refractivity contribution in [3.05, 3.63) is 23.8 Å². The lowest BCUT2D eigenvalue weighted by Gasteiger charge is -2.39. The van der Waals surface area contributed by atoms with Crippen molar-refractivity contribution in [2.24, 2.45) is 0 Å². The molecule has 0 saturated heterocycles. The maximum absolute atomic E-state index is 12.1. The summed E-state index contributed by atoms with van der Waals surface area (Å²) in [6.07, 6.45) is 3.04. The Morgan fingerprint density at radius 2 is 2.05 bits per heavy atom. The maximum Gasteiger partial charge on any atom is 0.335 e. The lowest BCUT2D eigenvalue weighted by molar-refractivity contribution is -0.129. The molecule has 6 nitrogen and oxygen atoms in total. The van der Waals surface area contributed by atoms with Crippen LogP contribution in [0.5, 0.6) is 5.75 Å². The van der Waals surface area contributed by atoms with E-state index in [-0.39, 0.29) is 23.5 Å². The second kappa shape index (κ2) is 6.13. The first-order chi connectivity index (χ1) is 9.99. The van der Waals surface area contributed by atoms with Crippen LogP contribution in [0.3, 0.4) is 0 Å².